The van der Waals surface area contributed by atoms with Gasteiger partial charge in [-0.3, -0.25) is 10.2 Å². The third-order valence-electron chi connectivity index (χ3n) is 5.77. The molecule has 0 aliphatic heterocycles. The summed E-state index contributed by atoms with van der Waals surface area (Å²) < 4.78 is 24.8. The molecule has 0 unspecified atom stereocenters. The maximum Gasteiger partial charge on any atom is 0.355 e. The van der Waals surface area contributed by atoms with Gasteiger partial charge in [-0.1, -0.05) is 17.4 Å². The fourth-order valence-corrected chi connectivity index (χ4v) is 4.56. The number of aliphatic carboxylic acids is 1. The number of benzene rings is 2. The zero-order valence-electron chi connectivity index (χ0n) is 24.5. The SMILES string of the molecule is CCN(CCC(=O)Nc1cc(C(=O)OC(C)(C)C)ccc1/C=C\C(=O)O)c1ncc(C(=O)Oc2ccc(C(=N)N)cc2F)s1. The highest BCUT2D eigenvalue weighted by molar-refractivity contribution is 7.17. The standard InChI is InChI=1S/C30H32FN5O7S/c1-5-36(29-34-16-23(44-29)28(41)42-22-10-8-18(26(32)33)14-20(22)31)13-12-24(37)35-21-15-19(27(40)43-30(2,3)4)7-6-17(21)9-11-25(38)39/h6-11,14-16H,5,12-13H2,1-4H3,(H3,32,33)(H,35,37)(H,38,39)/b11-9-. The summed E-state index contributed by atoms with van der Waals surface area (Å²) >= 11 is 1.000. The number of nitrogens with one attached hydrogen (secondary N) is 2. The van der Waals surface area contributed by atoms with Crippen LogP contribution in [0.3, 0.4) is 0 Å². The number of carboxylic acid groups (broad SMARTS) is 1. The third-order valence-corrected chi connectivity index (χ3v) is 6.81. The number of nitrogens with zero attached hydrogens (tertiary/aromatic N) is 2. The highest BCUT2D eigenvalue weighted by Crippen LogP contribution is 2.26. The van der Waals surface area contributed by atoms with E-state index >= 15 is 0 Å². The summed E-state index contributed by atoms with van der Waals surface area (Å²) in [6.45, 7) is 7.65. The van der Waals surface area contributed by atoms with Crippen molar-refractivity contribution in [3.8, 4) is 5.75 Å². The van der Waals surface area contributed by atoms with Crippen LogP contribution in [-0.2, 0) is 14.3 Å². The Bertz CT molecular complexity index is 1610. The number of carbonyl (C=O) groups is 4. The molecule has 0 fully saturated rings. The number of ether oxygens (including phenoxy) is 2. The normalized spacial score (nSPS) is 11.2. The number of hydrogen-bond acceptors (Lipinski definition) is 10. The van der Waals surface area contributed by atoms with Crippen LogP contribution in [0.25, 0.3) is 6.08 Å². The number of aromatic nitrogens is 1. The smallest absolute Gasteiger partial charge is 0.355 e. The van der Waals surface area contributed by atoms with Crippen molar-refractivity contribution in [1.82, 2.24) is 4.98 Å². The lowest BCUT2D eigenvalue weighted by Crippen LogP contribution is -2.27. The number of carbonyl (C=O) groups excluding carboxylic acids is 3. The Kier molecular flexibility index (Phi) is 10.9. The minimum Gasteiger partial charge on any atom is -0.478 e. The highest BCUT2D eigenvalue weighted by atomic mass is 32.1. The van der Waals surface area contributed by atoms with E-state index in [-0.39, 0.29) is 46.2 Å². The number of nitrogens with two attached hydrogens (primary N) is 1. The number of amides is 1. The van der Waals surface area contributed by atoms with E-state index in [1.54, 1.807) is 25.7 Å². The average molecular weight is 626 g/mol. The monoisotopic (exact) mass is 625 g/mol. The zero-order valence-corrected chi connectivity index (χ0v) is 25.3. The molecule has 12 nitrogen and oxygen atoms in total. The average Bonchev–Trinajstić information content (AvgIpc) is 3.43. The molecule has 0 atom stereocenters. The van der Waals surface area contributed by atoms with Crippen LogP contribution >= 0.6 is 11.3 Å². The number of hydrogen-bond donors (Lipinski definition) is 4. The second-order valence-corrected chi connectivity index (χ2v) is 11.3. The molecule has 3 rings (SSSR count). The Balaban J connectivity index is 1.69. The van der Waals surface area contributed by atoms with Crippen LogP contribution in [0.2, 0.25) is 0 Å². The molecular weight excluding hydrogens is 593 g/mol. The van der Waals surface area contributed by atoms with E-state index in [1.807, 2.05) is 6.92 Å². The van der Waals surface area contributed by atoms with Crippen molar-refractivity contribution in [3.05, 3.63) is 76.1 Å². The molecule has 0 spiro atoms. The Labute approximate surface area is 256 Å². The van der Waals surface area contributed by atoms with Crippen molar-refractivity contribution >= 4 is 57.9 Å². The summed E-state index contributed by atoms with van der Waals surface area (Å²) in [5.74, 6) is -4.54. The molecular formula is C30H32FN5O7S. The minimum atomic E-state index is -1.18. The molecule has 3 aromatic rings. The van der Waals surface area contributed by atoms with Gasteiger partial charge < -0.3 is 30.5 Å². The first-order valence-corrected chi connectivity index (χ1v) is 14.1. The van der Waals surface area contributed by atoms with Crippen LogP contribution in [0.5, 0.6) is 5.75 Å². The largest absolute Gasteiger partial charge is 0.478 e. The summed E-state index contributed by atoms with van der Waals surface area (Å²) in [5, 5.41) is 19.6. The van der Waals surface area contributed by atoms with Gasteiger partial charge in [0.05, 0.1) is 11.8 Å². The van der Waals surface area contributed by atoms with Crippen LogP contribution in [0.1, 0.15) is 65.3 Å². The number of rotatable bonds is 12. The van der Waals surface area contributed by atoms with E-state index < -0.39 is 35.2 Å². The molecule has 0 saturated heterocycles. The van der Waals surface area contributed by atoms with E-state index in [0.717, 1.165) is 23.5 Å². The third kappa shape index (κ3) is 9.46. The van der Waals surface area contributed by atoms with Gasteiger partial charge in [-0.15, -0.1) is 0 Å². The topological polar surface area (TPSA) is 185 Å². The molecule has 14 heteroatoms. The summed E-state index contributed by atoms with van der Waals surface area (Å²) in [7, 11) is 0. The fraction of sp³-hybridized carbons (Fsp3) is 0.267. The van der Waals surface area contributed by atoms with Gasteiger partial charge in [-0.25, -0.2) is 23.8 Å². The molecule has 0 bridgehead atoms. The van der Waals surface area contributed by atoms with Crippen molar-refractivity contribution in [2.45, 2.75) is 39.7 Å². The van der Waals surface area contributed by atoms with Crippen molar-refractivity contribution in [1.29, 1.82) is 5.41 Å². The van der Waals surface area contributed by atoms with Gasteiger partial charge in [0.15, 0.2) is 16.7 Å². The van der Waals surface area contributed by atoms with Gasteiger partial charge in [-0.2, -0.15) is 0 Å². The van der Waals surface area contributed by atoms with E-state index in [4.69, 9.17) is 25.7 Å². The highest BCUT2D eigenvalue weighted by Gasteiger charge is 2.21. The predicted octanol–water partition coefficient (Wildman–Crippen LogP) is 4.69. The van der Waals surface area contributed by atoms with Crippen LogP contribution in [0.15, 0.2) is 48.7 Å². The van der Waals surface area contributed by atoms with Crippen LogP contribution < -0.4 is 20.7 Å². The van der Waals surface area contributed by atoms with Crippen LogP contribution in [0, 0.1) is 11.2 Å². The predicted molar refractivity (Wildman–Crippen MR) is 164 cm³/mol. The van der Waals surface area contributed by atoms with Crippen molar-refractivity contribution < 1.29 is 38.1 Å². The number of nitrogen functional groups attached to an aromatic ring is 1. The molecule has 0 aliphatic rings. The summed E-state index contributed by atoms with van der Waals surface area (Å²) in [4.78, 5) is 55.3. The first kappa shape index (κ1) is 33.4. The molecule has 0 aliphatic carbocycles. The van der Waals surface area contributed by atoms with E-state index in [1.165, 1.54) is 42.6 Å². The van der Waals surface area contributed by atoms with Crippen molar-refractivity contribution in [2.75, 3.05) is 23.3 Å². The maximum absolute atomic E-state index is 14.3. The van der Waals surface area contributed by atoms with Gasteiger partial charge in [0, 0.05) is 36.8 Å². The Hall–Kier alpha value is -5.11. The van der Waals surface area contributed by atoms with Crippen molar-refractivity contribution in [2.24, 2.45) is 5.73 Å². The number of anilines is 2. The molecule has 1 heterocycles. The molecule has 0 radical (unpaired) electrons. The molecule has 44 heavy (non-hydrogen) atoms. The Morgan fingerprint density at radius 2 is 1.84 bits per heavy atom. The Morgan fingerprint density at radius 1 is 1.14 bits per heavy atom. The van der Waals surface area contributed by atoms with E-state index in [0.29, 0.717) is 17.2 Å². The fourth-order valence-electron chi connectivity index (χ4n) is 3.68. The maximum atomic E-state index is 14.3. The summed E-state index contributed by atoms with van der Waals surface area (Å²) in [6.07, 6.45) is 3.49. The lowest BCUT2D eigenvalue weighted by molar-refractivity contribution is -0.131. The molecule has 2 aromatic carbocycles. The lowest BCUT2D eigenvalue weighted by atomic mass is 10.1. The summed E-state index contributed by atoms with van der Waals surface area (Å²) in [6, 6.07) is 7.95. The van der Waals surface area contributed by atoms with Gasteiger partial charge in [0.25, 0.3) is 0 Å². The molecule has 5 N–H and O–H groups in total. The number of amidine groups is 1. The minimum absolute atomic E-state index is 0.0142. The quantitative estimate of drug-likeness (QED) is 0.0723. The number of carboxylic acids is 1. The Morgan fingerprint density at radius 3 is 2.45 bits per heavy atom. The van der Waals surface area contributed by atoms with E-state index in [2.05, 4.69) is 10.3 Å². The number of esters is 2. The van der Waals surface area contributed by atoms with Gasteiger partial charge in [-0.05, 0) is 69.7 Å². The first-order valence-electron chi connectivity index (χ1n) is 13.3. The van der Waals surface area contributed by atoms with E-state index in [9.17, 15) is 23.6 Å². The molecule has 1 aromatic heterocycles. The van der Waals surface area contributed by atoms with Crippen molar-refractivity contribution in [3.63, 3.8) is 0 Å². The van der Waals surface area contributed by atoms with Crippen LogP contribution in [0.4, 0.5) is 15.2 Å². The van der Waals surface area contributed by atoms with Gasteiger partial charge in [0.1, 0.15) is 16.3 Å². The second-order valence-electron chi connectivity index (χ2n) is 10.3. The first-order chi connectivity index (χ1) is 20.7. The second kappa shape index (κ2) is 14.4. The molecule has 232 valence electrons. The number of halogens is 1. The molecule has 0 saturated carbocycles. The zero-order chi connectivity index (χ0) is 32.6. The van der Waals surface area contributed by atoms with Gasteiger partial charge in [0.2, 0.25) is 5.91 Å². The molecule has 1 amide bonds. The van der Waals surface area contributed by atoms with Gasteiger partial charge >= 0.3 is 17.9 Å². The lowest BCUT2D eigenvalue weighted by Gasteiger charge is -2.20. The number of thiazole rings is 1. The van der Waals surface area contributed by atoms with Crippen LogP contribution in [-0.4, -0.2) is 58.4 Å². The summed E-state index contributed by atoms with van der Waals surface area (Å²) in [5.41, 5.74) is 5.53.